The number of aromatic nitrogens is 1. The number of nitrogens with one attached hydrogen (secondary N) is 1. The molecule has 3 rings (SSSR count). The highest BCUT2D eigenvalue weighted by Crippen LogP contribution is 2.24. The van der Waals surface area contributed by atoms with E-state index in [1.54, 1.807) is 18.4 Å². The Bertz CT molecular complexity index is 545. The van der Waals surface area contributed by atoms with E-state index in [0.29, 0.717) is 6.61 Å². The van der Waals surface area contributed by atoms with Crippen LogP contribution in [0.5, 0.6) is 11.5 Å². The quantitative estimate of drug-likeness (QED) is 0.931. The summed E-state index contributed by atoms with van der Waals surface area (Å²) in [5.74, 6) is 1.62. The van der Waals surface area contributed by atoms with Crippen molar-refractivity contribution < 1.29 is 9.47 Å². The van der Waals surface area contributed by atoms with Crippen LogP contribution in [-0.4, -0.2) is 18.6 Å². The van der Waals surface area contributed by atoms with Crippen molar-refractivity contribution >= 4 is 11.3 Å². The van der Waals surface area contributed by atoms with Crippen molar-refractivity contribution in [1.82, 2.24) is 10.3 Å². The summed E-state index contributed by atoms with van der Waals surface area (Å²) < 4.78 is 10.9. The van der Waals surface area contributed by atoms with Crippen LogP contribution in [-0.2, 0) is 19.6 Å². The maximum atomic E-state index is 5.76. The molecule has 0 saturated carbocycles. The van der Waals surface area contributed by atoms with Gasteiger partial charge in [-0.3, -0.25) is 0 Å². The molecule has 1 aromatic carbocycles. The van der Waals surface area contributed by atoms with Gasteiger partial charge in [-0.05, 0) is 12.1 Å². The summed E-state index contributed by atoms with van der Waals surface area (Å²) in [6.45, 7) is 2.48. The largest absolute Gasteiger partial charge is 0.497 e. The molecule has 2 heterocycles. The molecule has 100 valence electrons. The van der Waals surface area contributed by atoms with Crippen molar-refractivity contribution in [3.05, 3.63) is 39.8 Å². The molecule has 1 aliphatic heterocycles. The number of benzene rings is 1. The molecule has 5 heteroatoms. The number of nitrogens with zero attached hydrogens (tertiary/aromatic N) is 1. The predicted molar refractivity (Wildman–Crippen MR) is 74.9 cm³/mol. The Balaban J connectivity index is 1.66. The van der Waals surface area contributed by atoms with E-state index in [1.165, 1.54) is 10.6 Å². The Morgan fingerprint density at radius 3 is 3.11 bits per heavy atom. The Morgan fingerprint density at radius 1 is 1.37 bits per heavy atom. The third kappa shape index (κ3) is 2.88. The fraction of sp³-hybridized carbons (Fsp3) is 0.357. The summed E-state index contributed by atoms with van der Waals surface area (Å²) in [5.41, 5.74) is 1.23. The molecule has 0 amide bonds. The van der Waals surface area contributed by atoms with Crippen LogP contribution >= 0.6 is 11.3 Å². The van der Waals surface area contributed by atoms with Crippen LogP contribution in [0.2, 0.25) is 0 Å². The van der Waals surface area contributed by atoms with E-state index in [-0.39, 0.29) is 0 Å². The van der Waals surface area contributed by atoms with E-state index in [2.05, 4.69) is 10.3 Å². The second-order valence-corrected chi connectivity index (χ2v) is 5.54. The van der Waals surface area contributed by atoms with Gasteiger partial charge in [0.2, 0.25) is 0 Å². The van der Waals surface area contributed by atoms with Crippen molar-refractivity contribution in [3.63, 3.8) is 0 Å². The summed E-state index contributed by atoms with van der Waals surface area (Å²) >= 11 is 1.73. The van der Waals surface area contributed by atoms with E-state index in [4.69, 9.17) is 9.47 Å². The molecule has 0 radical (unpaired) electrons. The second-order valence-electron chi connectivity index (χ2n) is 4.37. The molecule has 0 unspecified atom stereocenters. The highest BCUT2D eigenvalue weighted by atomic mass is 32.1. The van der Waals surface area contributed by atoms with Crippen LogP contribution in [0.15, 0.2) is 24.3 Å². The SMILES string of the molecule is COc1cccc(OCc2nc3c(s2)CNCC3)c1. The molecule has 1 N–H and O–H groups in total. The van der Waals surface area contributed by atoms with Gasteiger partial charge in [-0.15, -0.1) is 11.3 Å². The van der Waals surface area contributed by atoms with Crippen molar-refractivity contribution in [2.75, 3.05) is 13.7 Å². The number of rotatable bonds is 4. The molecule has 0 spiro atoms. The van der Waals surface area contributed by atoms with Gasteiger partial charge in [0, 0.05) is 30.5 Å². The topological polar surface area (TPSA) is 43.4 Å². The molecule has 0 aliphatic carbocycles. The fourth-order valence-electron chi connectivity index (χ4n) is 2.08. The summed E-state index contributed by atoms with van der Waals surface area (Å²) in [7, 11) is 1.65. The minimum Gasteiger partial charge on any atom is -0.497 e. The summed E-state index contributed by atoms with van der Waals surface area (Å²) in [4.78, 5) is 5.97. The maximum Gasteiger partial charge on any atom is 0.140 e. The molecule has 19 heavy (non-hydrogen) atoms. The van der Waals surface area contributed by atoms with Gasteiger partial charge in [-0.2, -0.15) is 0 Å². The van der Waals surface area contributed by atoms with E-state index in [0.717, 1.165) is 36.0 Å². The van der Waals surface area contributed by atoms with Gasteiger partial charge in [-0.25, -0.2) is 4.98 Å². The highest BCUT2D eigenvalue weighted by Gasteiger charge is 2.14. The fourth-order valence-corrected chi connectivity index (χ4v) is 3.07. The van der Waals surface area contributed by atoms with Gasteiger partial charge in [0.25, 0.3) is 0 Å². The Morgan fingerprint density at radius 2 is 2.26 bits per heavy atom. The van der Waals surface area contributed by atoms with Gasteiger partial charge in [0.15, 0.2) is 0 Å². The molecule has 0 atom stereocenters. The summed E-state index contributed by atoms with van der Waals surface area (Å²) in [6.07, 6.45) is 1.02. The van der Waals surface area contributed by atoms with Crippen molar-refractivity contribution in [2.24, 2.45) is 0 Å². The van der Waals surface area contributed by atoms with Crippen LogP contribution in [0, 0.1) is 0 Å². The van der Waals surface area contributed by atoms with Crippen molar-refractivity contribution in [3.8, 4) is 11.5 Å². The van der Waals surface area contributed by atoms with Gasteiger partial charge in [0.1, 0.15) is 23.1 Å². The normalized spacial score (nSPS) is 13.9. The monoisotopic (exact) mass is 276 g/mol. The van der Waals surface area contributed by atoms with Gasteiger partial charge in [0.05, 0.1) is 12.8 Å². The number of fused-ring (bicyclic) bond motifs is 1. The van der Waals surface area contributed by atoms with E-state index in [9.17, 15) is 0 Å². The lowest BCUT2D eigenvalue weighted by Crippen LogP contribution is -2.22. The number of hydrogen-bond donors (Lipinski definition) is 1. The first kappa shape index (κ1) is 12.4. The van der Waals surface area contributed by atoms with Gasteiger partial charge >= 0.3 is 0 Å². The zero-order chi connectivity index (χ0) is 13.1. The zero-order valence-corrected chi connectivity index (χ0v) is 11.6. The Kier molecular flexibility index (Phi) is 3.66. The zero-order valence-electron chi connectivity index (χ0n) is 10.8. The van der Waals surface area contributed by atoms with Crippen LogP contribution in [0.1, 0.15) is 15.6 Å². The molecule has 1 aliphatic rings. The highest BCUT2D eigenvalue weighted by molar-refractivity contribution is 7.11. The molecule has 0 fully saturated rings. The smallest absolute Gasteiger partial charge is 0.140 e. The average Bonchev–Trinajstić information content (AvgIpc) is 2.88. The van der Waals surface area contributed by atoms with Crippen LogP contribution in [0.4, 0.5) is 0 Å². The first-order chi connectivity index (χ1) is 9.35. The molecule has 2 aromatic rings. The Hall–Kier alpha value is -1.59. The van der Waals surface area contributed by atoms with Crippen molar-refractivity contribution in [1.29, 1.82) is 0 Å². The molecule has 4 nitrogen and oxygen atoms in total. The third-order valence-electron chi connectivity index (χ3n) is 3.05. The van der Waals surface area contributed by atoms with Gasteiger partial charge < -0.3 is 14.8 Å². The standard InChI is InChI=1S/C14H16N2O2S/c1-17-10-3-2-4-11(7-10)18-9-14-16-12-5-6-15-8-13(12)19-14/h2-4,7,15H,5-6,8-9H2,1H3. The average molecular weight is 276 g/mol. The molecule has 0 bridgehead atoms. The first-order valence-electron chi connectivity index (χ1n) is 6.30. The van der Waals surface area contributed by atoms with Crippen LogP contribution in [0.25, 0.3) is 0 Å². The van der Waals surface area contributed by atoms with Crippen LogP contribution in [0.3, 0.4) is 0 Å². The number of hydrogen-bond acceptors (Lipinski definition) is 5. The lowest BCUT2D eigenvalue weighted by molar-refractivity contribution is 0.303. The lowest BCUT2D eigenvalue weighted by Gasteiger charge is -2.09. The van der Waals surface area contributed by atoms with Gasteiger partial charge in [-0.1, -0.05) is 6.07 Å². The van der Waals surface area contributed by atoms with Crippen LogP contribution < -0.4 is 14.8 Å². The number of ether oxygens (including phenoxy) is 2. The number of thiazole rings is 1. The minimum atomic E-state index is 0.519. The summed E-state index contributed by atoms with van der Waals surface area (Å²) in [5, 5.41) is 4.39. The number of methoxy groups -OCH3 is 1. The second kappa shape index (κ2) is 5.59. The predicted octanol–water partition coefficient (Wildman–Crippen LogP) is 2.38. The van der Waals surface area contributed by atoms with E-state index >= 15 is 0 Å². The minimum absolute atomic E-state index is 0.519. The summed E-state index contributed by atoms with van der Waals surface area (Å²) in [6, 6.07) is 7.64. The maximum absolute atomic E-state index is 5.76. The van der Waals surface area contributed by atoms with Crippen molar-refractivity contribution in [2.45, 2.75) is 19.6 Å². The molecular weight excluding hydrogens is 260 g/mol. The third-order valence-corrected chi connectivity index (χ3v) is 4.12. The lowest BCUT2D eigenvalue weighted by atomic mass is 10.2. The van der Waals surface area contributed by atoms with E-state index < -0.39 is 0 Å². The Labute approximate surface area is 116 Å². The molecule has 0 saturated heterocycles. The molecular formula is C14H16N2O2S. The molecule has 1 aromatic heterocycles. The first-order valence-corrected chi connectivity index (χ1v) is 7.12. The van der Waals surface area contributed by atoms with E-state index in [1.807, 2.05) is 24.3 Å².